The highest BCUT2D eigenvalue weighted by Gasteiger charge is 2.55. The van der Waals surface area contributed by atoms with Crippen LogP contribution in [-0.4, -0.2) is 45.7 Å². The molecule has 2 N–H and O–H groups in total. The Labute approximate surface area is 158 Å². The Hall–Kier alpha value is -2.75. The number of nitrogens with zero attached hydrogens (tertiary/aromatic N) is 2. The lowest BCUT2D eigenvalue weighted by Gasteiger charge is -2.29. The molecule has 1 aliphatic carbocycles. The van der Waals surface area contributed by atoms with Gasteiger partial charge in [0.25, 0.3) is 0 Å². The summed E-state index contributed by atoms with van der Waals surface area (Å²) in [7, 11) is 0. The van der Waals surface area contributed by atoms with Gasteiger partial charge in [0, 0.05) is 12.5 Å². The maximum atomic E-state index is 13.2. The molecule has 1 saturated carbocycles. The van der Waals surface area contributed by atoms with Crippen LogP contribution < -0.4 is 5.32 Å². The van der Waals surface area contributed by atoms with Gasteiger partial charge in [0.1, 0.15) is 23.4 Å². The number of nitriles is 1. The van der Waals surface area contributed by atoms with Crippen molar-refractivity contribution in [2.45, 2.75) is 63.8 Å². The summed E-state index contributed by atoms with van der Waals surface area (Å²) >= 11 is 0. The Bertz CT molecular complexity index is 763. The molecule has 7 nitrogen and oxygen atoms in total. The second-order valence-electron chi connectivity index (χ2n) is 8.26. The second kappa shape index (κ2) is 7.10. The summed E-state index contributed by atoms with van der Waals surface area (Å²) in [6.45, 7) is 5.26. The molecule has 3 rings (SSSR count). The fraction of sp³-hybridized carbons (Fsp3) is 0.550. The van der Waals surface area contributed by atoms with Crippen LogP contribution in [0.1, 0.15) is 39.2 Å². The van der Waals surface area contributed by atoms with E-state index in [0.717, 1.165) is 12.0 Å². The first kappa shape index (κ1) is 19.0. The number of carbonyl (C=O) groups excluding carboxylic acids is 2. The summed E-state index contributed by atoms with van der Waals surface area (Å²) in [5.74, 6) is 0.270. The maximum Gasteiger partial charge on any atom is 0.408 e. The Kier molecular flexibility index (Phi) is 5.01. The van der Waals surface area contributed by atoms with Crippen LogP contribution >= 0.6 is 0 Å². The predicted octanol–water partition coefficient (Wildman–Crippen LogP) is 2.34. The van der Waals surface area contributed by atoms with E-state index in [2.05, 4.69) is 11.4 Å². The van der Waals surface area contributed by atoms with E-state index in [4.69, 9.17) is 4.74 Å². The van der Waals surface area contributed by atoms with Gasteiger partial charge in [-0.1, -0.05) is 12.1 Å². The summed E-state index contributed by atoms with van der Waals surface area (Å²) in [6.07, 6.45) is 1.21. The van der Waals surface area contributed by atoms with Crippen molar-refractivity contribution in [3.05, 3.63) is 29.8 Å². The van der Waals surface area contributed by atoms with Crippen LogP contribution in [0, 0.1) is 17.2 Å². The highest BCUT2D eigenvalue weighted by Crippen LogP contribution is 2.47. The van der Waals surface area contributed by atoms with E-state index in [-0.39, 0.29) is 24.1 Å². The van der Waals surface area contributed by atoms with E-state index in [1.54, 1.807) is 37.8 Å². The number of rotatable bonds is 4. The zero-order valence-electron chi connectivity index (χ0n) is 15.8. The average Bonchev–Trinajstić information content (AvgIpc) is 3.24. The quantitative estimate of drug-likeness (QED) is 0.846. The van der Waals surface area contributed by atoms with Gasteiger partial charge in [0.2, 0.25) is 5.91 Å². The van der Waals surface area contributed by atoms with Gasteiger partial charge in [-0.25, -0.2) is 4.79 Å². The van der Waals surface area contributed by atoms with Gasteiger partial charge in [-0.3, -0.25) is 4.79 Å². The summed E-state index contributed by atoms with van der Waals surface area (Å²) in [4.78, 5) is 27.1. The minimum absolute atomic E-state index is 0.102. The molecule has 27 heavy (non-hydrogen) atoms. The molecular weight excluding hydrogens is 346 g/mol. The third-order valence-electron chi connectivity index (χ3n) is 4.87. The van der Waals surface area contributed by atoms with Crippen molar-refractivity contribution in [3.63, 3.8) is 0 Å². The molecule has 2 fully saturated rings. The highest BCUT2D eigenvalue weighted by atomic mass is 16.6. The monoisotopic (exact) mass is 371 g/mol. The van der Waals surface area contributed by atoms with Crippen molar-refractivity contribution in [1.82, 2.24) is 10.2 Å². The number of nitrogens with one attached hydrogen (secondary N) is 1. The lowest BCUT2D eigenvalue weighted by Crippen LogP contribution is -2.52. The lowest BCUT2D eigenvalue weighted by molar-refractivity contribution is -0.134. The number of phenolic OH excluding ortho intramolecular Hbond substituents is 1. The van der Waals surface area contributed by atoms with Gasteiger partial charge in [-0.2, -0.15) is 5.26 Å². The Balaban J connectivity index is 1.78. The Morgan fingerprint density at radius 3 is 2.59 bits per heavy atom. The summed E-state index contributed by atoms with van der Waals surface area (Å²) in [5.41, 5.74) is 0.114. The third kappa shape index (κ3) is 4.51. The molecule has 7 heteroatoms. The van der Waals surface area contributed by atoms with Crippen LogP contribution in [0.5, 0.6) is 5.75 Å². The molecule has 4 atom stereocenters. The van der Waals surface area contributed by atoms with Crippen molar-refractivity contribution < 1.29 is 19.4 Å². The normalized spacial score (nSPS) is 24.5. The highest BCUT2D eigenvalue weighted by molar-refractivity contribution is 5.87. The van der Waals surface area contributed by atoms with E-state index in [9.17, 15) is 20.0 Å². The second-order valence-corrected chi connectivity index (χ2v) is 8.26. The Morgan fingerprint density at radius 2 is 2.00 bits per heavy atom. The average molecular weight is 371 g/mol. The van der Waals surface area contributed by atoms with Crippen LogP contribution in [0.15, 0.2) is 24.3 Å². The van der Waals surface area contributed by atoms with Gasteiger partial charge < -0.3 is 20.1 Å². The van der Waals surface area contributed by atoms with Gasteiger partial charge in [-0.15, -0.1) is 0 Å². The van der Waals surface area contributed by atoms with Gasteiger partial charge in [0.05, 0.1) is 6.07 Å². The number of hydrogen-bond acceptors (Lipinski definition) is 5. The number of ether oxygens (including phenoxy) is 1. The first-order chi connectivity index (χ1) is 12.7. The molecule has 1 heterocycles. The predicted molar refractivity (Wildman–Crippen MR) is 97.7 cm³/mol. The maximum absolute atomic E-state index is 13.2. The zero-order valence-corrected chi connectivity index (χ0v) is 15.8. The van der Waals surface area contributed by atoms with Crippen LogP contribution in [-0.2, 0) is 16.0 Å². The van der Waals surface area contributed by atoms with Crippen LogP contribution in [0.3, 0.4) is 0 Å². The van der Waals surface area contributed by atoms with Crippen molar-refractivity contribution >= 4 is 12.0 Å². The number of likely N-dealkylation sites (tertiary alicyclic amines) is 1. The fourth-order valence-electron chi connectivity index (χ4n) is 3.59. The molecule has 0 aromatic heterocycles. The molecule has 2 amide bonds. The summed E-state index contributed by atoms with van der Waals surface area (Å²) in [6, 6.07) is 7.52. The van der Waals surface area contributed by atoms with E-state index < -0.39 is 23.8 Å². The number of piperidine rings is 1. The topological polar surface area (TPSA) is 103 Å². The van der Waals surface area contributed by atoms with Gasteiger partial charge in [-0.05, 0) is 57.2 Å². The third-order valence-corrected chi connectivity index (χ3v) is 4.87. The number of aromatic hydroxyl groups is 1. The van der Waals surface area contributed by atoms with Gasteiger partial charge in [0.15, 0.2) is 0 Å². The first-order valence-electron chi connectivity index (χ1n) is 9.17. The molecule has 0 bridgehead atoms. The van der Waals surface area contributed by atoms with E-state index >= 15 is 0 Å². The molecule has 0 spiro atoms. The number of alkyl carbamates (subject to hydrolysis) is 1. The fourth-order valence-corrected chi connectivity index (χ4v) is 3.59. The van der Waals surface area contributed by atoms with E-state index in [1.807, 2.05) is 0 Å². The molecule has 1 aromatic carbocycles. The standard InChI is InChI=1S/C20H25N3O4/c1-20(2,3)27-19(26)22-16(8-12-4-6-15(24)7-5-12)18(25)23-14(11-21)9-13-10-17(13)23/h4-7,13-14,16-17,24H,8-10H2,1-3H3,(H,22,26)/t13-,14+,16+,17?/m1/s1. The van der Waals surface area contributed by atoms with Crippen molar-refractivity contribution in [1.29, 1.82) is 5.26 Å². The number of amides is 2. The minimum Gasteiger partial charge on any atom is -0.508 e. The lowest BCUT2D eigenvalue weighted by atomic mass is 10.0. The minimum atomic E-state index is -0.834. The smallest absolute Gasteiger partial charge is 0.408 e. The van der Waals surface area contributed by atoms with Crippen molar-refractivity contribution in [2.75, 3.05) is 0 Å². The SMILES string of the molecule is CC(C)(C)OC(=O)N[C@@H](Cc1ccc(O)cc1)C(=O)N1C2C[C@H]2C[C@H]1C#N. The largest absolute Gasteiger partial charge is 0.508 e. The van der Waals surface area contributed by atoms with Crippen LogP contribution in [0.4, 0.5) is 4.79 Å². The van der Waals surface area contributed by atoms with E-state index in [0.29, 0.717) is 12.3 Å². The Morgan fingerprint density at radius 1 is 1.33 bits per heavy atom. The molecule has 2 aliphatic rings. The van der Waals surface area contributed by atoms with Crippen molar-refractivity contribution in [3.8, 4) is 11.8 Å². The summed E-state index contributed by atoms with van der Waals surface area (Å²) < 4.78 is 5.30. The van der Waals surface area contributed by atoms with E-state index in [1.165, 1.54) is 12.1 Å². The molecule has 1 saturated heterocycles. The number of phenols is 1. The van der Waals surface area contributed by atoms with Crippen molar-refractivity contribution in [2.24, 2.45) is 5.92 Å². The van der Waals surface area contributed by atoms with Gasteiger partial charge >= 0.3 is 6.09 Å². The van der Waals surface area contributed by atoms with Crippen LogP contribution in [0.2, 0.25) is 0 Å². The molecule has 1 aromatic rings. The zero-order chi connectivity index (χ0) is 19.8. The number of benzene rings is 1. The number of hydrogen-bond donors (Lipinski definition) is 2. The molecule has 0 radical (unpaired) electrons. The molecule has 144 valence electrons. The summed E-state index contributed by atoms with van der Waals surface area (Å²) in [5, 5.41) is 21.5. The molecule has 1 unspecified atom stereocenters. The molecular formula is C20H25N3O4. The number of carbonyl (C=O) groups is 2. The first-order valence-corrected chi connectivity index (χ1v) is 9.17. The molecule has 1 aliphatic heterocycles. The van der Waals surface area contributed by atoms with Crippen LogP contribution in [0.25, 0.3) is 0 Å². The number of fused-ring (bicyclic) bond motifs is 1.